The quantitative estimate of drug-likeness (QED) is 0.869. The third-order valence-electron chi connectivity index (χ3n) is 3.81. The van der Waals surface area contributed by atoms with Crippen LogP contribution in [-0.4, -0.2) is 55.8 Å². The van der Waals surface area contributed by atoms with Gasteiger partial charge in [-0.3, -0.25) is 4.79 Å². The third-order valence-corrected chi connectivity index (χ3v) is 6.28. The topological polar surface area (TPSA) is 108 Å². The van der Waals surface area contributed by atoms with Crippen LogP contribution in [0.1, 0.15) is 6.92 Å². The van der Waals surface area contributed by atoms with E-state index >= 15 is 0 Å². The Labute approximate surface area is 138 Å². The second kappa shape index (κ2) is 6.11. The molecule has 0 aromatic heterocycles. The SMILES string of the molecule is CC(N)C(=O)N1CCN(S(=O)(=O)c2cccc3c2N=S=N3)CC1. The number of fused-ring (bicyclic) bond motifs is 1. The number of carbonyl (C=O) groups excluding carboxylic acids is 1. The van der Waals surface area contributed by atoms with Crippen molar-refractivity contribution in [2.24, 2.45) is 14.5 Å². The second-order valence-corrected chi connectivity index (χ2v) is 7.84. The molecule has 8 nitrogen and oxygen atoms in total. The van der Waals surface area contributed by atoms with Gasteiger partial charge in [0.15, 0.2) is 0 Å². The van der Waals surface area contributed by atoms with Crippen molar-refractivity contribution in [3.05, 3.63) is 18.2 Å². The molecule has 23 heavy (non-hydrogen) atoms. The fourth-order valence-corrected chi connectivity index (χ4v) is 4.74. The second-order valence-electron chi connectivity index (χ2n) is 5.41. The number of nitrogens with zero attached hydrogens (tertiary/aromatic N) is 4. The summed E-state index contributed by atoms with van der Waals surface area (Å²) < 4.78 is 35.2. The molecule has 0 saturated carbocycles. The van der Waals surface area contributed by atoms with Crippen molar-refractivity contribution >= 4 is 38.7 Å². The van der Waals surface area contributed by atoms with Gasteiger partial charge in [0.1, 0.15) is 16.3 Å². The van der Waals surface area contributed by atoms with Crippen LogP contribution in [0.15, 0.2) is 31.8 Å². The Morgan fingerprint density at radius 2 is 1.96 bits per heavy atom. The van der Waals surface area contributed by atoms with Crippen LogP contribution in [0, 0.1) is 0 Å². The van der Waals surface area contributed by atoms with E-state index in [1.165, 1.54) is 4.31 Å². The van der Waals surface area contributed by atoms with Crippen molar-refractivity contribution in [1.82, 2.24) is 9.21 Å². The zero-order valence-electron chi connectivity index (χ0n) is 12.5. The first kappa shape index (κ1) is 16.2. The molecule has 0 aliphatic carbocycles. The summed E-state index contributed by atoms with van der Waals surface area (Å²) >= 11 is 0.988. The van der Waals surface area contributed by atoms with E-state index in [2.05, 4.69) is 8.73 Å². The van der Waals surface area contributed by atoms with E-state index in [9.17, 15) is 13.2 Å². The molecule has 1 aromatic rings. The number of sulfonamides is 1. The lowest BCUT2D eigenvalue weighted by molar-refractivity contribution is -0.133. The van der Waals surface area contributed by atoms with Gasteiger partial charge in [-0.2, -0.15) is 13.0 Å². The van der Waals surface area contributed by atoms with Gasteiger partial charge >= 0.3 is 0 Å². The van der Waals surface area contributed by atoms with Crippen LogP contribution in [-0.2, 0) is 26.2 Å². The summed E-state index contributed by atoms with van der Waals surface area (Å²) in [5, 5.41) is 0. The number of nitrogens with two attached hydrogens (primary N) is 1. The first-order chi connectivity index (χ1) is 10.9. The fraction of sp³-hybridized carbons (Fsp3) is 0.462. The molecule has 2 aliphatic rings. The molecule has 0 bridgehead atoms. The van der Waals surface area contributed by atoms with Gasteiger partial charge in [0.25, 0.3) is 0 Å². The van der Waals surface area contributed by atoms with Gasteiger partial charge in [-0.25, -0.2) is 8.42 Å². The van der Waals surface area contributed by atoms with E-state index in [0.29, 0.717) is 24.5 Å². The van der Waals surface area contributed by atoms with Crippen molar-refractivity contribution in [3.63, 3.8) is 0 Å². The highest BCUT2D eigenvalue weighted by atomic mass is 32.2. The Morgan fingerprint density at radius 1 is 1.26 bits per heavy atom. The molecule has 1 fully saturated rings. The monoisotopic (exact) mass is 355 g/mol. The molecule has 3 rings (SSSR count). The van der Waals surface area contributed by atoms with E-state index in [0.717, 1.165) is 11.4 Å². The van der Waals surface area contributed by atoms with Crippen LogP contribution in [0.3, 0.4) is 0 Å². The van der Waals surface area contributed by atoms with Crippen LogP contribution in [0.4, 0.5) is 11.4 Å². The number of hydrogen-bond donors (Lipinski definition) is 1. The Balaban J connectivity index is 1.80. The normalized spacial score (nSPS) is 19.3. The Kier molecular flexibility index (Phi) is 4.32. The molecule has 1 saturated heterocycles. The van der Waals surface area contributed by atoms with Crippen molar-refractivity contribution in [2.45, 2.75) is 17.9 Å². The molecule has 1 amide bonds. The lowest BCUT2D eigenvalue weighted by Crippen LogP contribution is -2.53. The summed E-state index contributed by atoms with van der Waals surface area (Å²) in [4.78, 5) is 13.6. The largest absolute Gasteiger partial charge is 0.339 e. The van der Waals surface area contributed by atoms with Crippen LogP contribution < -0.4 is 5.73 Å². The average Bonchev–Trinajstić information content (AvgIpc) is 3.02. The summed E-state index contributed by atoms with van der Waals surface area (Å²) in [5.74, 6) is -0.159. The van der Waals surface area contributed by atoms with E-state index < -0.39 is 16.1 Å². The van der Waals surface area contributed by atoms with E-state index in [1.807, 2.05) is 0 Å². The molecule has 2 aliphatic heterocycles. The maximum Gasteiger partial charge on any atom is 0.245 e. The summed E-state index contributed by atoms with van der Waals surface area (Å²) in [6.45, 7) is 2.79. The zero-order chi connectivity index (χ0) is 16.6. The number of benzene rings is 1. The van der Waals surface area contributed by atoms with Crippen molar-refractivity contribution in [2.75, 3.05) is 26.2 Å². The van der Waals surface area contributed by atoms with Gasteiger partial charge in [0.2, 0.25) is 15.9 Å². The molecule has 124 valence electrons. The molecule has 2 N–H and O–H groups in total. The van der Waals surface area contributed by atoms with Gasteiger partial charge in [-0.1, -0.05) is 6.07 Å². The first-order valence-electron chi connectivity index (χ1n) is 7.17. The maximum atomic E-state index is 12.8. The lowest BCUT2D eigenvalue weighted by atomic mass is 10.2. The summed E-state index contributed by atoms with van der Waals surface area (Å²) in [6, 6.07) is 4.36. The van der Waals surface area contributed by atoms with E-state index in [4.69, 9.17) is 5.73 Å². The molecule has 1 atom stereocenters. The van der Waals surface area contributed by atoms with Crippen LogP contribution in [0.5, 0.6) is 0 Å². The van der Waals surface area contributed by atoms with Gasteiger partial charge in [-0.05, 0) is 19.1 Å². The molecule has 0 radical (unpaired) electrons. The molecule has 2 heterocycles. The third kappa shape index (κ3) is 2.94. The molecule has 0 spiro atoms. The van der Waals surface area contributed by atoms with Gasteiger partial charge in [0, 0.05) is 26.2 Å². The minimum Gasteiger partial charge on any atom is -0.339 e. The average molecular weight is 355 g/mol. The standard InChI is InChI=1S/C13H17N5O3S2/c1-9(14)13(19)17-5-7-18(8-6-17)23(20,21)11-4-2-3-10-12(11)16-22-15-10/h2-4,9H,5-8,14H2,1H3. The number of carbonyl (C=O) groups is 1. The van der Waals surface area contributed by atoms with Crippen LogP contribution in [0.2, 0.25) is 0 Å². The minimum atomic E-state index is -3.66. The fourth-order valence-electron chi connectivity index (χ4n) is 2.57. The highest BCUT2D eigenvalue weighted by molar-refractivity contribution is 7.89. The zero-order valence-corrected chi connectivity index (χ0v) is 14.2. The highest BCUT2D eigenvalue weighted by Crippen LogP contribution is 2.38. The van der Waals surface area contributed by atoms with Gasteiger partial charge in [-0.15, -0.1) is 0 Å². The molecule has 10 heteroatoms. The van der Waals surface area contributed by atoms with Gasteiger partial charge < -0.3 is 10.6 Å². The molecule has 1 aromatic carbocycles. The molecule has 1 unspecified atom stereocenters. The van der Waals surface area contributed by atoms with Crippen molar-refractivity contribution in [3.8, 4) is 0 Å². The lowest BCUT2D eigenvalue weighted by Gasteiger charge is -2.34. The van der Waals surface area contributed by atoms with Crippen molar-refractivity contribution < 1.29 is 13.2 Å². The van der Waals surface area contributed by atoms with Crippen LogP contribution >= 0.6 is 0 Å². The van der Waals surface area contributed by atoms with Crippen LogP contribution in [0.25, 0.3) is 0 Å². The highest BCUT2D eigenvalue weighted by Gasteiger charge is 2.33. The number of piperazine rings is 1. The van der Waals surface area contributed by atoms with E-state index in [1.54, 1.807) is 30.0 Å². The summed E-state index contributed by atoms with van der Waals surface area (Å²) in [6.07, 6.45) is 0. The predicted molar refractivity (Wildman–Crippen MR) is 87.0 cm³/mol. The summed E-state index contributed by atoms with van der Waals surface area (Å²) in [7, 11) is -3.66. The smallest absolute Gasteiger partial charge is 0.245 e. The predicted octanol–water partition coefficient (Wildman–Crippen LogP) is 0.593. The Morgan fingerprint density at radius 3 is 2.61 bits per heavy atom. The number of rotatable bonds is 3. The van der Waals surface area contributed by atoms with E-state index in [-0.39, 0.29) is 23.9 Å². The van der Waals surface area contributed by atoms with Crippen molar-refractivity contribution in [1.29, 1.82) is 0 Å². The van der Waals surface area contributed by atoms with Gasteiger partial charge in [0.05, 0.1) is 17.4 Å². The molecular weight excluding hydrogens is 338 g/mol. The Bertz CT molecular complexity index is 807. The first-order valence-corrected chi connectivity index (χ1v) is 9.34. The maximum absolute atomic E-state index is 12.8. The molecular formula is C13H17N5O3S2. The number of hydrogen-bond acceptors (Lipinski definition) is 6. The number of amides is 1. The minimum absolute atomic E-state index is 0.159. The summed E-state index contributed by atoms with van der Waals surface area (Å²) in [5.41, 5.74) is 6.56. The Hall–Kier alpha value is -1.62.